The fraction of sp³-hybridized carbons (Fsp3) is 0.500. The van der Waals surface area contributed by atoms with Gasteiger partial charge in [0.05, 0.1) is 5.56 Å². The Morgan fingerprint density at radius 1 is 1.53 bits per heavy atom. The van der Waals surface area contributed by atoms with Crippen LogP contribution in [-0.2, 0) is 4.74 Å². The van der Waals surface area contributed by atoms with Crippen molar-refractivity contribution in [3.8, 4) is 0 Å². The van der Waals surface area contributed by atoms with Crippen LogP contribution in [0.5, 0.6) is 0 Å². The summed E-state index contributed by atoms with van der Waals surface area (Å²) in [5.74, 6) is -1.14. The molecule has 1 aromatic rings. The number of pyridine rings is 1. The summed E-state index contributed by atoms with van der Waals surface area (Å²) in [6.45, 7) is 1.84. The third-order valence-corrected chi connectivity index (χ3v) is 2.90. The molecular weight excluding hydrogens is 223 g/mol. The van der Waals surface area contributed by atoms with Crippen LogP contribution in [0.4, 0.5) is 4.39 Å². The van der Waals surface area contributed by atoms with Gasteiger partial charge in [-0.25, -0.2) is 9.78 Å². The van der Waals surface area contributed by atoms with Crippen molar-refractivity contribution in [2.75, 3.05) is 20.1 Å². The molecule has 1 saturated heterocycles. The SMILES string of the molecule is CN1CCC(OC(=O)c2ccnc(F)c2)CC1. The van der Waals surface area contributed by atoms with Crippen molar-refractivity contribution >= 4 is 5.97 Å². The normalized spacial score (nSPS) is 18.0. The highest BCUT2D eigenvalue weighted by molar-refractivity contribution is 5.89. The van der Waals surface area contributed by atoms with Gasteiger partial charge in [0.15, 0.2) is 0 Å². The molecule has 92 valence electrons. The second-order valence-electron chi connectivity index (χ2n) is 4.28. The first-order valence-corrected chi connectivity index (χ1v) is 5.66. The Hall–Kier alpha value is -1.49. The summed E-state index contributed by atoms with van der Waals surface area (Å²) in [7, 11) is 2.04. The van der Waals surface area contributed by atoms with Crippen LogP contribution in [0.3, 0.4) is 0 Å². The number of halogens is 1. The molecule has 1 aromatic heterocycles. The van der Waals surface area contributed by atoms with Gasteiger partial charge >= 0.3 is 5.97 Å². The summed E-state index contributed by atoms with van der Waals surface area (Å²) in [6, 6.07) is 2.55. The highest BCUT2D eigenvalue weighted by atomic mass is 19.1. The van der Waals surface area contributed by atoms with Gasteiger partial charge in [0, 0.05) is 25.4 Å². The van der Waals surface area contributed by atoms with E-state index in [1.54, 1.807) is 0 Å². The van der Waals surface area contributed by atoms with Gasteiger partial charge in [-0.2, -0.15) is 4.39 Å². The molecule has 0 unspecified atom stereocenters. The van der Waals surface area contributed by atoms with Gasteiger partial charge in [-0.05, 0) is 26.0 Å². The fourth-order valence-corrected chi connectivity index (χ4v) is 1.85. The Kier molecular flexibility index (Phi) is 3.68. The number of hydrogen-bond acceptors (Lipinski definition) is 4. The lowest BCUT2D eigenvalue weighted by molar-refractivity contribution is 0.0138. The number of aromatic nitrogens is 1. The van der Waals surface area contributed by atoms with Crippen LogP contribution in [0.1, 0.15) is 23.2 Å². The third-order valence-electron chi connectivity index (χ3n) is 2.90. The molecule has 1 fully saturated rings. The summed E-state index contributed by atoms with van der Waals surface area (Å²) in [5.41, 5.74) is 0.219. The standard InChI is InChI=1S/C12H15FN2O2/c1-15-6-3-10(4-7-15)17-12(16)9-2-5-14-11(13)8-9/h2,5,8,10H,3-4,6-7H2,1H3. The molecule has 5 heteroatoms. The molecule has 0 aromatic carbocycles. The van der Waals surface area contributed by atoms with E-state index in [9.17, 15) is 9.18 Å². The third kappa shape index (κ3) is 3.23. The van der Waals surface area contributed by atoms with Crippen LogP contribution >= 0.6 is 0 Å². The van der Waals surface area contributed by atoms with E-state index in [2.05, 4.69) is 9.88 Å². The Labute approximate surface area is 99.4 Å². The molecule has 1 aliphatic heterocycles. The first-order chi connectivity index (χ1) is 8.15. The highest BCUT2D eigenvalue weighted by Gasteiger charge is 2.21. The predicted molar refractivity (Wildman–Crippen MR) is 60.1 cm³/mol. The van der Waals surface area contributed by atoms with Crippen molar-refractivity contribution < 1.29 is 13.9 Å². The number of rotatable bonds is 2. The quantitative estimate of drug-likeness (QED) is 0.578. The van der Waals surface area contributed by atoms with Gasteiger partial charge < -0.3 is 9.64 Å². The first kappa shape index (κ1) is 12.0. The number of hydrogen-bond donors (Lipinski definition) is 0. The first-order valence-electron chi connectivity index (χ1n) is 5.66. The molecular formula is C12H15FN2O2. The second-order valence-corrected chi connectivity index (χ2v) is 4.28. The zero-order valence-electron chi connectivity index (χ0n) is 9.73. The Balaban J connectivity index is 1.93. The molecule has 0 atom stereocenters. The number of ether oxygens (including phenoxy) is 1. The zero-order valence-corrected chi connectivity index (χ0v) is 9.73. The molecule has 0 saturated carbocycles. The predicted octanol–water partition coefficient (Wildman–Crippen LogP) is 1.47. The molecule has 1 aliphatic rings. The van der Waals surface area contributed by atoms with Crippen molar-refractivity contribution in [2.45, 2.75) is 18.9 Å². The average molecular weight is 238 g/mol. The molecule has 0 spiro atoms. The van der Waals surface area contributed by atoms with Crippen molar-refractivity contribution in [2.24, 2.45) is 0 Å². The van der Waals surface area contributed by atoms with Crippen LogP contribution in [0.15, 0.2) is 18.3 Å². The topological polar surface area (TPSA) is 42.4 Å². The van der Waals surface area contributed by atoms with Gasteiger partial charge in [-0.3, -0.25) is 0 Å². The molecule has 2 heterocycles. The summed E-state index contributed by atoms with van der Waals surface area (Å²) in [4.78, 5) is 17.3. The lowest BCUT2D eigenvalue weighted by Gasteiger charge is -2.28. The maximum absolute atomic E-state index is 12.8. The van der Waals surface area contributed by atoms with E-state index < -0.39 is 11.9 Å². The zero-order chi connectivity index (χ0) is 12.3. The van der Waals surface area contributed by atoms with Crippen LogP contribution in [-0.4, -0.2) is 42.1 Å². The summed E-state index contributed by atoms with van der Waals surface area (Å²) >= 11 is 0. The minimum atomic E-state index is -0.664. The lowest BCUT2D eigenvalue weighted by atomic mass is 10.1. The van der Waals surface area contributed by atoms with E-state index in [0.717, 1.165) is 32.0 Å². The average Bonchev–Trinajstić information content (AvgIpc) is 2.32. The number of nitrogens with zero attached hydrogens (tertiary/aromatic N) is 2. The minimum Gasteiger partial charge on any atom is -0.459 e. The molecule has 17 heavy (non-hydrogen) atoms. The van der Waals surface area contributed by atoms with Gasteiger partial charge in [0.25, 0.3) is 0 Å². The van der Waals surface area contributed by atoms with E-state index in [1.165, 1.54) is 12.3 Å². The van der Waals surface area contributed by atoms with E-state index in [1.807, 2.05) is 7.05 Å². The second kappa shape index (κ2) is 5.23. The van der Waals surface area contributed by atoms with E-state index in [-0.39, 0.29) is 11.7 Å². The Bertz CT molecular complexity index is 403. The van der Waals surface area contributed by atoms with Gasteiger partial charge in [0.1, 0.15) is 6.10 Å². The number of likely N-dealkylation sites (tertiary alicyclic amines) is 1. The maximum atomic E-state index is 12.8. The minimum absolute atomic E-state index is 0.0603. The van der Waals surface area contributed by atoms with Crippen LogP contribution in [0.2, 0.25) is 0 Å². The van der Waals surface area contributed by atoms with Gasteiger partial charge in [-0.1, -0.05) is 0 Å². The Morgan fingerprint density at radius 3 is 2.88 bits per heavy atom. The lowest BCUT2D eigenvalue weighted by Crippen LogP contribution is -2.35. The van der Waals surface area contributed by atoms with Crippen molar-refractivity contribution in [1.29, 1.82) is 0 Å². The van der Waals surface area contributed by atoms with Crippen LogP contribution in [0.25, 0.3) is 0 Å². The number of esters is 1. The summed E-state index contributed by atoms with van der Waals surface area (Å²) in [5, 5.41) is 0. The Morgan fingerprint density at radius 2 is 2.24 bits per heavy atom. The van der Waals surface area contributed by atoms with Crippen LogP contribution in [0, 0.1) is 5.95 Å². The molecule has 0 aliphatic carbocycles. The molecule has 0 N–H and O–H groups in total. The van der Waals surface area contributed by atoms with E-state index >= 15 is 0 Å². The molecule has 0 amide bonds. The van der Waals surface area contributed by atoms with Crippen molar-refractivity contribution in [1.82, 2.24) is 9.88 Å². The van der Waals surface area contributed by atoms with Gasteiger partial charge in [-0.15, -0.1) is 0 Å². The number of piperidine rings is 1. The summed E-state index contributed by atoms with van der Waals surface area (Å²) < 4.78 is 18.2. The molecule has 2 rings (SSSR count). The number of carbonyl (C=O) groups excluding carboxylic acids is 1. The fourth-order valence-electron chi connectivity index (χ4n) is 1.85. The monoisotopic (exact) mass is 238 g/mol. The molecule has 0 radical (unpaired) electrons. The van der Waals surface area contributed by atoms with E-state index in [4.69, 9.17) is 4.74 Å². The van der Waals surface area contributed by atoms with Crippen LogP contribution < -0.4 is 0 Å². The van der Waals surface area contributed by atoms with Crippen molar-refractivity contribution in [3.63, 3.8) is 0 Å². The maximum Gasteiger partial charge on any atom is 0.338 e. The molecule has 0 bridgehead atoms. The van der Waals surface area contributed by atoms with Gasteiger partial charge in [0.2, 0.25) is 5.95 Å². The smallest absolute Gasteiger partial charge is 0.338 e. The van der Waals surface area contributed by atoms with E-state index in [0.29, 0.717) is 0 Å². The summed E-state index contributed by atoms with van der Waals surface area (Å²) in [6.07, 6.45) is 2.86. The number of carbonyl (C=O) groups is 1. The highest BCUT2D eigenvalue weighted by Crippen LogP contribution is 2.14. The largest absolute Gasteiger partial charge is 0.459 e. The van der Waals surface area contributed by atoms with Crippen molar-refractivity contribution in [3.05, 3.63) is 29.8 Å². The molecule has 4 nitrogen and oxygen atoms in total.